The average Bonchev–Trinajstić information content (AvgIpc) is 2.46. The number of likely N-dealkylation sites (N-methyl/N-ethyl adjacent to an activating group) is 2. The number of benzene rings is 1. The van der Waals surface area contributed by atoms with Crippen LogP contribution in [0.2, 0.25) is 0 Å². The standard InChI is InChI=1S/C11H16N2/c1-12-8-10-7-9-5-3-4-6-11(9)13(10)2/h3-6,10,12H,7-8H2,1-2H3/t10-/m0/s1. The number of fused-ring (bicyclic) bond motifs is 1. The maximum Gasteiger partial charge on any atom is 0.0452 e. The van der Waals surface area contributed by atoms with Crippen molar-refractivity contribution in [2.45, 2.75) is 12.5 Å². The summed E-state index contributed by atoms with van der Waals surface area (Å²) in [4.78, 5) is 2.37. The fourth-order valence-electron chi connectivity index (χ4n) is 2.06. The van der Waals surface area contributed by atoms with Crippen LogP contribution in [0.5, 0.6) is 0 Å². The Hall–Kier alpha value is -1.02. The Bertz CT molecular complexity index is 296. The Kier molecular flexibility index (Phi) is 2.23. The largest absolute Gasteiger partial charge is 0.370 e. The molecule has 1 aliphatic heterocycles. The number of rotatable bonds is 2. The van der Waals surface area contributed by atoms with Crippen molar-refractivity contribution in [2.75, 3.05) is 25.5 Å². The van der Waals surface area contributed by atoms with Gasteiger partial charge in [-0.05, 0) is 25.1 Å². The van der Waals surface area contributed by atoms with E-state index in [1.807, 2.05) is 7.05 Å². The Morgan fingerprint density at radius 2 is 2.23 bits per heavy atom. The lowest BCUT2D eigenvalue weighted by atomic mass is 10.1. The number of hydrogen-bond donors (Lipinski definition) is 1. The Morgan fingerprint density at radius 3 is 2.92 bits per heavy atom. The van der Waals surface area contributed by atoms with Crippen molar-refractivity contribution in [1.29, 1.82) is 0 Å². The second-order valence-corrected chi connectivity index (χ2v) is 3.66. The number of nitrogens with zero attached hydrogens (tertiary/aromatic N) is 1. The molecule has 0 radical (unpaired) electrons. The molecule has 0 spiro atoms. The molecular formula is C11H16N2. The zero-order chi connectivity index (χ0) is 9.26. The maximum absolute atomic E-state index is 3.23. The van der Waals surface area contributed by atoms with Crippen LogP contribution >= 0.6 is 0 Å². The summed E-state index contributed by atoms with van der Waals surface area (Å²) in [5, 5.41) is 3.23. The van der Waals surface area contributed by atoms with Gasteiger partial charge in [-0.1, -0.05) is 18.2 Å². The number of para-hydroxylation sites is 1. The van der Waals surface area contributed by atoms with Crippen molar-refractivity contribution in [3.8, 4) is 0 Å². The summed E-state index contributed by atoms with van der Waals surface area (Å²) in [6, 6.07) is 9.28. The molecule has 2 heteroatoms. The molecule has 13 heavy (non-hydrogen) atoms. The van der Waals surface area contributed by atoms with Crippen LogP contribution in [0.3, 0.4) is 0 Å². The van der Waals surface area contributed by atoms with Crippen LogP contribution in [-0.4, -0.2) is 26.7 Å². The molecule has 0 fully saturated rings. The van der Waals surface area contributed by atoms with Gasteiger partial charge in [0.2, 0.25) is 0 Å². The zero-order valence-corrected chi connectivity index (χ0v) is 8.25. The summed E-state index contributed by atoms with van der Waals surface area (Å²) in [7, 11) is 4.19. The molecule has 1 aliphatic rings. The summed E-state index contributed by atoms with van der Waals surface area (Å²) in [5.74, 6) is 0. The van der Waals surface area contributed by atoms with E-state index in [1.165, 1.54) is 17.7 Å². The first-order chi connectivity index (χ1) is 6.33. The van der Waals surface area contributed by atoms with E-state index in [1.54, 1.807) is 0 Å². The number of hydrogen-bond acceptors (Lipinski definition) is 2. The Labute approximate surface area is 79.6 Å². The third-order valence-electron chi connectivity index (χ3n) is 2.81. The van der Waals surface area contributed by atoms with Crippen LogP contribution in [0.15, 0.2) is 24.3 Å². The second kappa shape index (κ2) is 3.38. The molecule has 0 aliphatic carbocycles. The maximum atomic E-state index is 3.23. The van der Waals surface area contributed by atoms with Gasteiger partial charge in [-0.3, -0.25) is 0 Å². The topological polar surface area (TPSA) is 15.3 Å². The van der Waals surface area contributed by atoms with Gasteiger partial charge >= 0.3 is 0 Å². The van der Waals surface area contributed by atoms with Crippen molar-refractivity contribution in [3.63, 3.8) is 0 Å². The lowest BCUT2D eigenvalue weighted by Gasteiger charge is -2.21. The van der Waals surface area contributed by atoms with Crippen LogP contribution in [0.25, 0.3) is 0 Å². The minimum Gasteiger partial charge on any atom is -0.370 e. The van der Waals surface area contributed by atoms with Crippen molar-refractivity contribution in [1.82, 2.24) is 5.32 Å². The molecule has 2 nitrogen and oxygen atoms in total. The van der Waals surface area contributed by atoms with E-state index < -0.39 is 0 Å². The quantitative estimate of drug-likeness (QED) is 0.730. The van der Waals surface area contributed by atoms with Gasteiger partial charge in [-0.2, -0.15) is 0 Å². The van der Waals surface area contributed by atoms with E-state index in [0.29, 0.717) is 6.04 Å². The monoisotopic (exact) mass is 176 g/mol. The second-order valence-electron chi connectivity index (χ2n) is 3.66. The molecule has 70 valence electrons. The molecule has 1 aromatic rings. The summed E-state index contributed by atoms with van der Waals surface area (Å²) < 4.78 is 0. The lowest BCUT2D eigenvalue weighted by Crippen LogP contribution is -2.36. The van der Waals surface area contributed by atoms with E-state index in [2.05, 4.69) is 41.5 Å². The molecular weight excluding hydrogens is 160 g/mol. The Morgan fingerprint density at radius 1 is 1.46 bits per heavy atom. The predicted octanol–water partition coefficient (Wildman–Crippen LogP) is 1.27. The first-order valence-corrected chi connectivity index (χ1v) is 4.78. The summed E-state index contributed by atoms with van der Waals surface area (Å²) in [6.45, 7) is 1.06. The van der Waals surface area contributed by atoms with Gasteiger partial charge in [0.05, 0.1) is 0 Å². The van der Waals surface area contributed by atoms with E-state index in [4.69, 9.17) is 0 Å². The van der Waals surface area contributed by atoms with Crippen LogP contribution in [0, 0.1) is 0 Å². The highest BCUT2D eigenvalue weighted by molar-refractivity contribution is 5.58. The first kappa shape index (κ1) is 8.57. The van der Waals surface area contributed by atoms with E-state index >= 15 is 0 Å². The zero-order valence-electron chi connectivity index (χ0n) is 8.25. The van der Waals surface area contributed by atoms with Gasteiger partial charge in [-0.25, -0.2) is 0 Å². The number of nitrogens with one attached hydrogen (secondary N) is 1. The van der Waals surface area contributed by atoms with Gasteiger partial charge in [0.25, 0.3) is 0 Å². The van der Waals surface area contributed by atoms with Crippen LogP contribution in [0.1, 0.15) is 5.56 Å². The molecule has 1 aromatic carbocycles. The lowest BCUT2D eigenvalue weighted by molar-refractivity contribution is 0.614. The van der Waals surface area contributed by atoms with Crippen LogP contribution < -0.4 is 10.2 Å². The normalized spacial score (nSPS) is 20.5. The molecule has 1 N–H and O–H groups in total. The van der Waals surface area contributed by atoms with E-state index in [9.17, 15) is 0 Å². The SMILES string of the molecule is CNC[C@@H]1Cc2ccccc2N1C. The minimum absolute atomic E-state index is 0.627. The highest BCUT2D eigenvalue weighted by Gasteiger charge is 2.24. The van der Waals surface area contributed by atoms with Crippen LogP contribution in [-0.2, 0) is 6.42 Å². The average molecular weight is 176 g/mol. The van der Waals surface area contributed by atoms with Gasteiger partial charge in [0.15, 0.2) is 0 Å². The van der Waals surface area contributed by atoms with Crippen LogP contribution in [0.4, 0.5) is 5.69 Å². The van der Waals surface area contributed by atoms with Crippen molar-refractivity contribution < 1.29 is 0 Å². The summed E-state index contributed by atoms with van der Waals surface area (Å²) >= 11 is 0. The van der Waals surface area contributed by atoms with Gasteiger partial charge < -0.3 is 10.2 Å². The molecule has 0 aromatic heterocycles. The van der Waals surface area contributed by atoms with E-state index in [-0.39, 0.29) is 0 Å². The highest BCUT2D eigenvalue weighted by atomic mass is 15.2. The fourth-order valence-corrected chi connectivity index (χ4v) is 2.06. The van der Waals surface area contributed by atoms with Gasteiger partial charge in [0, 0.05) is 25.3 Å². The molecule has 0 saturated heterocycles. The first-order valence-electron chi connectivity index (χ1n) is 4.78. The predicted molar refractivity (Wildman–Crippen MR) is 56.3 cm³/mol. The third-order valence-corrected chi connectivity index (χ3v) is 2.81. The fraction of sp³-hybridized carbons (Fsp3) is 0.455. The van der Waals surface area contributed by atoms with Crippen molar-refractivity contribution >= 4 is 5.69 Å². The van der Waals surface area contributed by atoms with Gasteiger partial charge in [-0.15, -0.1) is 0 Å². The summed E-state index contributed by atoms with van der Waals surface area (Å²) in [5.41, 5.74) is 2.87. The molecule has 0 saturated carbocycles. The molecule has 0 bridgehead atoms. The summed E-state index contributed by atoms with van der Waals surface area (Å²) in [6.07, 6.45) is 1.17. The van der Waals surface area contributed by atoms with E-state index in [0.717, 1.165) is 6.54 Å². The Balaban J connectivity index is 2.22. The smallest absolute Gasteiger partial charge is 0.0452 e. The molecule has 0 amide bonds. The van der Waals surface area contributed by atoms with Gasteiger partial charge in [0.1, 0.15) is 0 Å². The number of anilines is 1. The molecule has 1 atom stereocenters. The minimum atomic E-state index is 0.627. The molecule has 0 unspecified atom stereocenters. The molecule has 2 rings (SSSR count). The van der Waals surface area contributed by atoms with Crippen molar-refractivity contribution in [3.05, 3.63) is 29.8 Å². The van der Waals surface area contributed by atoms with Crippen molar-refractivity contribution in [2.24, 2.45) is 0 Å². The third kappa shape index (κ3) is 1.42. The highest BCUT2D eigenvalue weighted by Crippen LogP contribution is 2.29. The molecule has 1 heterocycles.